The van der Waals surface area contributed by atoms with Gasteiger partial charge in [0.05, 0.1) is 6.20 Å². The summed E-state index contributed by atoms with van der Waals surface area (Å²) in [5.74, 6) is 0.259. The van der Waals surface area contributed by atoms with Crippen molar-refractivity contribution < 1.29 is 4.39 Å². The molecule has 0 aromatic rings. The number of hydrogen-bond acceptors (Lipinski definition) is 1. The van der Waals surface area contributed by atoms with Crippen LogP contribution in [0.5, 0.6) is 0 Å². The Morgan fingerprint density at radius 3 is 2.91 bits per heavy atom. The molecule has 1 heterocycles. The van der Waals surface area contributed by atoms with Gasteiger partial charge < -0.3 is 0 Å². The van der Waals surface area contributed by atoms with E-state index in [1.54, 1.807) is 6.21 Å². The lowest BCUT2D eigenvalue weighted by molar-refractivity contribution is 0.614. The van der Waals surface area contributed by atoms with E-state index in [9.17, 15) is 4.39 Å². The van der Waals surface area contributed by atoms with Crippen molar-refractivity contribution in [3.05, 3.63) is 23.7 Å². The van der Waals surface area contributed by atoms with Gasteiger partial charge in [-0.05, 0) is 11.5 Å². The first-order valence-electron chi connectivity index (χ1n) is 3.78. The second-order valence-corrected chi connectivity index (χ2v) is 2.92. The van der Waals surface area contributed by atoms with E-state index < -0.39 is 0 Å². The fourth-order valence-corrected chi connectivity index (χ4v) is 0.910. The second-order valence-electron chi connectivity index (χ2n) is 2.92. The Labute approximate surface area is 66.3 Å². The van der Waals surface area contributed by atoms with Crippen molar-refractivity contribution in [1.82, 2.24) is 0 Å². The molecule has 1 rings (SSSR count). The second kappa shape index (κ2) is 3.46. The quantitative estimate of drug-likeness (QED) is 0.549. The first kappa shape index (κ1) is 8.18. The van der Waals surface area contributed by atoms with Gasteiger partial charge in [0.15, 0.2) is 0 Å². The van der Waals surface area contributed by atoms with Gasteiger partial charge in [-0.1, -0.05) is 19.9 Å². The smallest absolute Gasteiger partial charge is 0.122 e. The zero-order chi connectivity index (χ0) is 8.27. The van der Waals surface area contributed by atoms with Gasteiger partial charge in [-0.2, -0.15) is 0 Å². The van der Waals surface area contributed by atoms with Crippen LogP contribution in [0, 0.1) is 5.92 Å². The maximum atomic E-state index is 12.6. The van der Waals surface area contributed by atoms with Crippen molar-refractivity contribution in [2.45, 2.75) is 20.3 Å². The van der Waals surface area contributed by atoms with Crippen molar-refractivity contribution in [1.29, 1.82) is 0 Å². The summed E-state index contributed by atoms with van der Waals surface area (Å²) in [5, 5.41) is 0. The van der Waals surface area contributed by atoms with Gasteiger partial charge in [0.1, 0.15) is 5.83 Å². The van der Waals surface area contributed by atoms with Gasteiger partial charge in [-0.25, -0.2) is 4.39 Å². The lowest BCUT2D eigenvalue weighted by Crippen LogP contribution is -1.93. The number of aliphatic imine (C=N–C) groups is 1. The molecule has 0 aromatic heterocycles. The van der Waals surface area contributed by atoms with Gasteiger partial charge in [0.25, 0.3) is 0 Å². The van der Waals surface area contributed by atoms with Crippen LogP contribution in [-0.4, -0.2) is 6.21 Å². The van der Waals surface area contributed by atoms with Crippen molar-refractivity contribution in [2.75, 3.05) is 0 Å². The van der Waals surface area contributed by atoms with Crippen LogP contribution in [0.25, 0.3) is 0 Å². The molecule has 1 aliphatic rings. The Morgan fingerprint density at radius 2 is 2.27 bits per heavy atom. The Balaban J connectivity index is 2.74. The van der Waals surface area contributed by atoms with E-state index in [1.165, 1.54) is 6.20 Å². The third kappa shape index (κ3) is 2.30. The highest BCUT2D eigenvalue weighted by atomic mass is 19.1. The Hall–Kier alpha value is -0.920. The Morgan fingerprint density at radius 1 is 1.55 bits per heavy atom. The predicted molar refractivity (Wildman–Crippen MR) is 45.2 cm³/mol. The standard InChI is InChI=1S/C9H12FN/c1-7(2)8-3-4-9(10)6-11-5-8/h3,5-7H,4H2,1-2H3. The number of halogens is 1. The lowest BCUT2D eigenvalue weighted by Gasteiger charge is -2.02. The first-order valence-corrected chi connectivity index (χ1v) is 3.78. The third-order valence-corrected chi connectivity index (χ3v) is 1.64. The molecule has 0 spiro atoms. The molecule has 0 unspecified atom stereocenters. The number of allylic oxidation sites excluding steroid dienone is 3. The molecule has 0 aromatic carbocycles. The number of rotatable bonds is 1. The number of nitrogens with zero attached hydrogens (tertiary/aromatic N) is 1. The van der Waals surface area contributed by atoms with E-state index >= 15 is 0 Å². The largest absolute Gasteiger partial charge is 0.262 e. The summed E-state index contributed by atoms with van der Waals surface area (Å²) in [6.45, 7) is 4.14. The van der Waals surface area contributed by atoms with Crippen LogP contribution in [0.15, 0.2) is 28.7 Å². The minimum Gasteiger partial charge on any atom is -0.262 e. The minimum absolute atomic E-state index is 0.170. The van der Waals surface area contributed by atoms with E-state index in [0.717, 1.165) is 5.57 Å². The van der Waals surface area contributed by atoms with Crippen LogP contribution in [0.4, 0.5) is 4.39 Å². The molecule has 0 aliphatic carbocycles. The Bertz CT molecular complexity index is 224. The molecule has 1 aliphatic heterocycles. The Kier molecular flexibility index (Phi) is 2.58. The van der Waals surface area contributed by atoms with Crippen LogP contribution in [-0.2, 0) is 0 Å². The summed E-state index contributed by atoms with van der Waals surface area (Å²) in [6, 6.07) is 0. The summed E-state index contributed by atoms with van der Waals surface area (Å²) in [4.78, 5) is 3.82. The maximum absolute atomic E-state index is 12.6. The van der Waals surface area contributed by atoms with Crippen molar-refractivity contribution >= 4 is 6.21 Å². The van der Waals surface area contributed by atoms with E-state index in [2.05, 4.69) is 18.8 Å². The van der Waals surface area contributed by atoms with Gasteiger partial charge >= 0.3 is 0 Å². The van der Waals surface area contributed by atoms with Crippen LogP contribution in [0.3, 0.4) is 0 Å². The van der Waals surface area contributed by atoms with Crippen LogP contribution in [0.1, 0.15) is 20.3 Å². The molecule has 0 N–H and O–H groups in total. The SMILES string of the molecule is CC(C)C1=CCC(F)=CN=C1. The van der Waals surface area contributed by atoms with E-state index in [-0.39, 0.29) is 5.83 Å². The van der Waals surface area contributed by atoms with Crippen molar-refractivity contribution in [3.63, 3.8) is 0 Å². The first-order chi connectivity index (χ1) is 5.20. The summed E-state index contributed by atoms with van der Waals surface area (Å²) in [6.07, 6.45) is 5.25. The van der Waals surface area contributed by atoms with E-state index in [1.807, 2.05) is 6.08 Å². The lowest BCUT2D eigenvalue weighted by atomic mass is 10.0. The highest BCUT2D eigenvalue weighted by Crippen LogP contribution is 2.14. The molecule has 11 heavy (non-hydrogen) atoms. The monoisotopic (exact) mass is 153 g/mol. The number of hydrogen-bond donors (Lipinski definition) is 0. The molecule has 1 nitrogen and oxygen atoms in total. The zero-order valence-electron chi connectivity index (χ0n) is 6.84. The third-order valence-electron chi connectivity index (χ3n) is 1.64. The molecule has 2 heteroatoms. The van der Waals surface area contributed by atoms with Gasteiger partial charge in [-0.3, -0.25) is 4.99 Å². The maximum Gasteiger partial charge on any atom is 0.122 e. The molecule has 0 saturated heterocycles. The van der Waals surface area contributed by atoms with Crippen LogP contribution < -0.4 is 0 Å². The fraction of sp³-hybridized carbons (Fsp3) is 0.444. The summed E-state index contributed by atoms with van der Waals surface area (Å²) < 4.78 is 12.6. The van der Waals surface area contributed by atoms with E-state index in [4.69, 9.17) is 0 Å². The van der Waals surface area contributed by atoms with Crippen LogP contribution >= 0.6 is 0 Å². The molecule has 0 saturated carbocycles. The molecular formula is C9H12FN. The molecule has 0 atom stereocenters. The normalized spacial score (nSPS) is 17.8. The average Bonchev–Trinajstić information content (AvgIpc) is 2.13. The summed E-state index contributed by atoms with van der Waals surface area (Å²) >= 11 is 0. The molecule has 0 bridgehead atoms. The topological polar surface area (TPSA) is 12.4 Å². The van der Waals surface area contributed by atoms with Gasteiger partial charge in [0.2, 0.25) is 0 Å². The summed E-state index contributed by atoms with van der Waals surface area (Å²) in [5.41, 5.74) is 1.11. The predicted octanol–water partition coefficient (Wildman–Crippen LogP) is 2.85. The fourth-order valence-electron chi connectivity index (χ4n) is 0.910. The summed E-state index contributed by atoms with van der Waals surface area (Å²) in [7, 11) is 0. The molecule has 0 fully saturated rings. The zero-order valence-corrected chi connectivity index (χ0v) is 6.84. The molecule has 0 radical (unpaired) electrons. The van der Waals surface area contributed by atoms with E-state index in [0.29, 0.717) is 12.3 Å². The van der Waals surface area contributed by atoms with Crippen LogP contribution in [0.2, 0.25) is 0 Å². The van der Waals surface area contributed by atoms with Gasteiger partial charge in [0, 0.05) is 12.6 Å². The van der Waals surface area contributed by atoms with Gasteiger partial charge in [-0.15, -0.1) is 0 Å². The molecular weight excluding hydrogens is 141 g/mol. The molecule has 60 valence electrons. The highest BCUT2D eigenvalue weighted by Gasteiger charge is 2.02. The van der Waals surface area contributed by atoms with Crippen molar-refractivity contribution in [3.8, 4) is 0 Å². The highest BCUT2D eigenvalue weighted by molar-refractivity contribution is 5.80. The average molecular weight is 153 g/mol. The molecule has 0 amide bonds. The van der Waals surface area contributed by atoms with Crippen molar-refractivity contribution in [2.24, 2.45) is 10.9 Å². The minimum atomic E-state index is -0.170.